The Bertz CT molecular complexity index is 1270. The van der Waals surface area contributed by atoms with E-state index in [2.05, 4.69) is 16.1 Å². The Kier molecular flexibility index (Phi) is 7.20. The zero-order valence-electron chi connectivity index (χ0n) is 18.2. The summed E-state index contributed by atoms with van der Waals surface area (Å²) < 4.78 is 1.52. The molecule has 0 atom stereocenters. The lowest BCUT2D eigenvalue weighted by atomic mass is 10.1. The van der Waals surface area contributed by atoms with Crippen molar-refractivity contribution in [1.82, 2.24) is 14.7 Å². The van der Waals surface area contributed by atoms with Crippen LogP contribution in [-0.2, 0) is 9.59 Å². The highest BCUT2D eigenvalue weighted by atomic mass is 16.4. The minimum Gasteiger partial charge on any atom is -0.478 e. The molecule has 2 aromatic carbocycles. The summed E-state index contributed by atoms with van der Waals surface area (Å²) in [5.74, 6) is -2.63. The summed E-state index contributed by atoms with van der Waals surface area (Å²) >= 11 is 0. The molecule has 0 fully saturated rings. The zero-order valence-corrected chi connectivity index (χ0v) is 18.2. The maximum atomic E-state index is 13.0. The number of rotatable bonds is 4. The van der Waals surface area contributed by atoms with Crippen molar-refractivity contribution in [3.05, 3.63) is 95.9 Å². The van der Waals surface area contributed by atoms with Gasteiger partial charge < -0.3 is 15.1 Å². The lowest BCUT2D eigenvalue weighted by Crippen LogP contribution is -2.15. The molecule has 8 nitrogen and oxygen atoms in total. The van der Waals surface area contributed by atoms with Crippen LogP contribution in [0.5, 0.6) is 0 Å². The lowest BCUT2D eigenvalue weighted by molar-refractivity contribution is -0.134. The normalized spacial score (nSPS) is 12.9. The molecule has 0 bridgehead atoms. The standard InChI is InChI=1S/C21H19N3O.C4H4O4/c1-15-7-9-17(10-8-15)21(25)24-19-6-4-3-5-18(19)20(22-24)16-11-13-23(2)14-12-16;5-3(6)1-2-4(7)8/h3-13H,14H2,1-2H3;1-2H,(H,5,6)(H,7,8)/b;2-1+. The number of benzene rings is 2. The van der Waals surface area contributed by atoms with Crippen molar-refractivity contribution in [3.8, 4) is 0 Å². The van der Waals surface area contributed by atoms with Gasteiger partial charge in [0.25, 0.3) is 5.91 Å². The Balaban J connectivity index is 0.000000331. The van der Waals surface area contributed by atoms with E-state index in [0.717, 1.165) is 34.3 Å². The van der Waals surface area contributed by atoms with Crippen molar-refractivity contribution in [2.45, 2.75) is 6.92 Å². The first-order chi connectivity index (χ1) is 15.8. The van der Waals surface area contributed by atoms with Crippen LogP contribution < -0.4 is 0 Å². The summed E-state index contributed by atoms with van der Waals surface area (Å²) in [5.41, 5.74) is 4.49. The number of carbonyl (C=O) groups is 3. The second-order valence-corrected chi connectivity index (χ2v) is 7.37. The van der Waals surface area contributed by atoms with Crippen LogP contribution in [0.2, 0.25) is 0 Å². The maximum absolute atomic E-state index is 13.0. The monoisotopic (exact) mass is 445 g/mol. The van der Waals surface area contributed by atoms with Gasteiger partial charge in [0.2, 0.25) is 0 Å². The molecule has 0 spiro atoms. The number of aromatic nitrogens is 2. The smallest absolute Gasteiger partial charge is 0.328 e. The van der Waals surface area contributed by atoms with E-state index >= 15 is 0 Å². The third-order valence-corrected chi connectivity index (χ3v) is 4.83. The van der Waals surface area contributed by atoms with Crippen molar-refractivity contribution in [1.29, 1.82) is 0 Å². The highest BCUT2D eigenvalue weighted by Crippen LogP contribution is 2.27. The van der Waals surface area contributed by atoms with Crippen molar-refractivity contribution >= 4 is 34.3 Å². The van der Waals surface area contributed by atoms with Crippen LogP contribution in [-0.4, -0.2) is 56.3 Å². The van der Waals surface area contributed by atoms with Crippen molar-refractivity contribution < 1.29 is 24.6 Å². The number of carboxylic acids is 2. The van der Waals surface area contributed by atoms with E-state index in [1.807, 2.05) is 74.8 Å². The van der Waals surface area contributed by atoms with Gasteiger partial charge in [0.15, 0.2) is 0 Å². The SMILES string of the molecule is Cc1ccc(C(=O)n2nc(C3=CCN(C)C=C3)c3ccccc32)cc1.O=C(O)/C=C/C(=O)O. The van der Waals surface area contributed by atoms with E-state index in [-0.39, 0.29) is 5.91 Å². The van der Waals surface area contributed by atoms with Gasteiger partial charge in [-0.25, -0.2) is 9.59 Å². The summed E-state index contributed by atoms with van der Waals surface area (Å²) in [5, 5.41) is 21.3. The summed E-state index contributed by atoms with van der Waals surface area (Å²) in [4.78, 5) is 34.2. The molecule has 1 aliphatic rings. The molecule has 0 saturated heterocycles. The Morgan fingerprint density at radius 2 is 1.61 bits per heavy atom. The van der Waals surface area contributed by atoms with Crippen molar-refractivity contribution in [2.75, 3.05) is 13.6 Å². The maximum Gasteiger partial charge on any atom is 0.328 e. The number of hydrogen-bond acceptors (Lipinski definition) is 5. The highest BCUT2D eigenvalue weighted by Gasteiger charge is 2.19. The van der Waals surface area contributed by atoms with Crippen LogP contribution >= 0.6 is 0 Å². The second-order valence-electron chi connectivity index (χ2n) is 7.37. The van der Waals surface area contributed by atoms with Crippen LogP contribution in [0.15, 0.2) is 79.0 Å². The molecular weight excluding hydrogens is 422 g/mol. The zero-order chi connectivity index (χ0) is 24.0. The van der Waals surface area contributed by atoms with E-state index in [1.54, 1.807) is 0 Å². The number of aliphatic carboxylic acids is 2. The first-order valence-corrected chi connectivity index (χ1v) is 10.1. The third kappa shape index (κ3) is 5.82. The van der Waals surface area contributed by atoms with Gasteiger partial charge in [-0.15, -0.1) is 0 Å². The van der Waals surface area contributed by atoms with Gasteiger partial charge in [0, 0.05) is 42.3 Å². The molecule has 0 radical (unpaired) electrons. The summed E-state index contributed by atoms with van der Waals surface area (Å²) in [6.45, 7) is 2.84. The molecule has 4 rings (SSSR count). The minimum atomic E-state index is -1.26. The third-order valence-electron chi connectivity index (χ3n) is 4.83. The average molecular weight is 445 g/mol. The summed E-state index contributed by atoms with van der Waals surface area (Å²) in [7, 11) is 2.03. The number of aryl methyl sites for hydroxylation is 1. The molecular formula is C25H23N3O5. The molecule has 3 aromatic rings. The van der Waals surface area contributed by atoms with Crippen LogP contribution in [0.3, 0.4) is 0 Å². The summed E-state index contributed by atoms with van der Waals surface area (Å²) in [6.07, 6.45) is 7.32. The predicted molar refractivity (Wildman–Crippen MR) is 125 cm³/mol. The van der Waals surface area contributed by atoms with Crippen molar-refractivity contribution in [2.24, 2.45) is 0 Å². The van der Waals surface area contributed by atoms with Crippen LogP contribution in [0.25, 0.3) is 16.5 Å². The fourth-order valence-electron chi connectivity index (χ4n) is 3.15. The lowest BCUT2D eigenvalue weighted by Gasteiger charge is -2.16. The van der Waals surface area contributed by atoms with Crippen LogP contribution in [0.1, 0.15) is 21.6 Å². The predicted octanol–water partition coefficient (Wildman–Crippen LogP) is 3.59. The van der Waals surface area contributed by atoms with Crippen LogP contribution in [0.4, 0.5) is 0 Å². The molecule has 2 N–H and O–H groups in total. The average Bonchev–Trinajstić information content (AvgIpc) is 3.18. The minimum absolute atomic E-state index is 0.111. The number of allylic oxidation sites excluding steroid dienone is 2. The van der Waals surface area contributed by atoms with Gasteiger partial charge >= 0.3 is 11.9 Å². The van der Waals surface area contributed by atoms with Gasteiger partial charge in [-0.1, -0.05) is 42.0 Å². The molecule has 1 aliphatic heterocycles. The number of para-hydroxylation sites is 1. The van der Waals surface area contributed by atoms with Gasteiger partial charge in [-0.3, -0.25) is 4.79 Å². The largest absolute Gasteiger partial charge is 0.478 e. The molecule has 33 heavy (non-hydrogen) atoms. The molecule has 168 valence electrons. The number of hydrogen-bond donors (Lipinski definition) is 2. The van der Waals surface area contributed by atoms with Gasteiger partial charge in [-0.05, 0) is 37.4 Å². The molecule has 0 aliphatic carbocycles. The number of fused-ring (bicyclic) bond motifs is 1. The second kappa shape index (κ2) is 10.2. The van der Waals surface area contributed by atoms with Crippen molar-refractivity contribution in [3.63, 3.8) is 0 Å². The number of carboxylic acid groups (broad SMARTS) is 2. The summed E-state index contributed by atoms with van der Waals surface area (Å²) in [6, 6.07) is 15.5. The Hall–Kier alpha value is -4.46. The Morgan fingerprint density at radius 1 is 0.970 bits per heavy atom. The molecule has 2 heterocycles. The molecule has 1 aromatic heterocycles. The first-order valence-electron chi connectivity index (χ1n) is 10.1. The van der Waals surface area contributed by atoms with Crippen LogP contribution in [0, 0.1) is 6.92 Å². The Morgan fingerprint density at radius 3 is 2.18 bits per heavy atom. The fraction of sp³-hybridized carbons (Fsp3) is 0.120. The highest BCUT2D eigenvalue weighted by molar-refractivity contribution is 6.04. The van der Waals surface area contributed by atoms with Gasteiger partial charge in [0.1, 0.15) is 5.69 Å². The van der Waals surface area contributed by atoms with E-state index in [4.69, 9.17) is 10.2 Å². The van der Waals surface area contributed by atoms with E-state index in [9.17, 15) is 14.4 Å². The van der Waals surface area contributed by atoms with E-state index < -0.39 is 11.9 Å². The number of carbonyl (C=O) groups excluding carboxylic acids is 1. The molecule has 0 unspecified atom stereocenters. The fourth-order valence-corrected chi connectivity index (χ4v) is 3.15. The number of nitrogens with zero attached hydrogens (tertiary/aromatic N) is 3. The van der Waals surface area contributed by atoms with E-state index in [1.165, 1.54) is 4.68 Å². The Labute approximate surface area is 190 Å². The molecule has 8 heteroatoms. The number of likely N-dealkylation sites (N-methyl/N-ethyl adjacent to an activating group) is 1. The molecule has 0 saturated carbocycles. The van der Waals surface area contributed by atoms with Gasteiger partial charge in [0.05, 0.1) is 5.52 Å². The topological polar surface area (TPSA) is 113 Å². The quantitative estimate of drug-likeness (QED) is 0.590. The van der Waals surface area contributed by atoms with E-state index in [0.29, 0.717) is 17.7 Å². The van der Waals surface area contributed by atoms with Gasteiger partial charge in [-0.2, -0.15) is 9.78 Å². The molecule has 0 amide bonds. The first kappa shape index (κ1) is 23.2.